The summed E-state index contributed by atoms with van der Waals surface area (Å²) in [5.74, 6) is 0.816. The molecule has 0 aliphatic rings. The van der Waals surface area contributed by atoms with E-state index in [4.69, 9.17) is 11.5 Å². The molecule has 1 N–H and O–H groups in total. The molecule has 16 heavy (non-hydrogen) atoms. The third kappa shape index (κ3) is 3.36. The van der Waals surface area contributed by atoms with Crippen LogP contribution in [0.2, 0.25) is 0 Å². The van der Waals surface area contributed by atoms with Crippen LogP contribution in [0.15, 0.2) is 15.9 Å². The highest BCUT2D eigenvalue weighted by atomic mass is 79.9. The molecule has 0 saturated heterocycles. The van der Waals surface area contributed by atoms with Gasteiger partial charge in [0.2, 0.25) is 0 Å². The Balaban J connectivity index is 2.83. The zero-order valence-electron chi connectivity index (χ0n) is 8.14. The van der Waals surface area contributed by atoms with Gasteiger partial charge in [-0.2, -0.15) is 0 Å². The highest BCUT2D eigenvalue weighted by Crippen LogP contribution is 2.23. The average molecular weight is 302 g/mol. The molecule has 0 spiro atoms. The van der Waals surface area contributed by atoms with Gasteiger partial charge in [0.1, 0.15) is 6.54 Å². The Labute approximate surface area is 105 Å². The van der Waals surface area contributed by atoms with Crippen molar-refractivity contribution >= 4 is 39.1 Å². The molecular formula is C10H8BrNO3S. The summed E-state index contributed by atoms with van der Waals surface area (Å²) in [7, 11) is 0. The molecule has 84 valence electrons. The number of amides is 1. The first kappa shape index (κ1) is 12.7. The lowest BCUT2D eigenvalue weighted by atomic mass is 10.3. The van der Waals surface area contributed by atoms with Gasteiger partial charge in [-0.3, -0.25) is 9.59 Å². The molecule has 0 aliphatic heterocycles. The molecule has 0 bridgehead atoms. The minimum Gasteiger partial charge on any atom is -0.480 e. The highest BCUT2D eigenvalue weighted by molar-refractivity contribution is 9.11. The summed E-state index contributed by atoms with van der Waals surface area (Å²) in [4.78, 5) is 24.0. The normalized spacial score (nSPS) is 9.50. The molecule has 0 atom stereocenters. The van der Waals surface area contributed by atoms with Gasteiger partial charge in [-0.1, -0.05) is 5.92 Å². The lowest BCUT2D eigenvalue weighted by Gasteiger charge is -2.16. The van der Waals surface area contributed by atoms with Crippen LogP contribution in [0.25, 0.3) is 0 Å². The van der Waals surface area contributed by atoms with Gasteiger partial charge in [0.05, 0.1) is 15.2 Å². The molecule has 1 amide bonds. The van der Waals surface area contributed by atoms with Crippen molar-refractivity contribution in [1.29, 1.82) is 0 Å². The number of rotatable bonds is 4. The molecule has 1 aromatic rings. The molecule has 6 heteroatoms. The number of nitrogens with zero attached hydrogens (tertiary/aromatic N) is 1. The van der Waals surface area contributed by atoms with Crippen LogP contribution < -0.4 is 0 Å². The molecule has 1 aromatic heterocycles. The number of carboxylic acids is 1. The molecule has 4 nitrogen and oxygen atoms in total. The van der Waals surface area contributed by atoms with Gasteiger partial charge >= 0.3 is 5.97 Å². The van der Waals surface area contributed by atoms with Crippen molar-refractivity contribution in [3.63, 3.8) is 0 Å². The van der Waals surface area contributed by atoms with Crippen LogP contribution in [-0.2, 0) is 4.79 Å². The first-order valence-electron chi connectivity index (χ1n) is 4.24. The zero-order valence-corrected chi connectivity index (χ0v) is 10.5. The second kappa shape index (κ2) is 5.68. The summed E-state index contributed by atoms with van der Waals surface area (Å²) in [6.45, 7) is -0.404. The predicted octanol–water partition coefficient (Wildman–Crippen LogP) is 1.67. The van der Waals surface area contributed by atoms with Crippen LogP contribution in [0.1, 0.15) is 9.67 Å². The summed E-state index contributed by atoms with van der Waals surface area (Å²) in [5.41, 5.74) is 0. The quantitative estimate of drug-likeness (QED) is 0.861. The van der Waals surface area contributed by atoms with Crippen molar-refractivity contribution in [1.82, 2.24) is 4.90 Å². The Hall–Kier alpha value is -1.32. The molecule has 0 fully saturated rings. The van der Waals surface area contributed by atoms with Crippen LogP contribution >= 0.6 is 27.3 Å². The summed E-state index contributed by atoms with van der Waals surface area (Å²) < 4.78 is 0.812. The molecule has 0 unspecified atom stereocenters. The van der Waals surface area contributed by atoms with E-state index in [1.165, 1.54) is 11.3 Å². The number of thiophene rings is 1. The number of hydrogen-bond acceptors (Lipinski definition) is 3. The third-order valence-corrected chi connectivity index (χ3v) is 3.29. The lowest BCUT2D eigenvalue weighted by molar-refractivity contribution is -0.137. The van der Waals surface area contributed by atoms with Gasteiger partial charge in [-0.25, -0.2) is 0 Å². The van der Waals surface area contributed by atoms with E-state index in [0.717, 1.165) is 8.69 Å². The summed E-state index contributed by atoms with van der Waals surface area (Å²) in [6.07, 6.45) is 5.08. The molecule has 0 radical (unpaired) electrons. The SMILES string of the molecule is C#CCN(CC(=O)O)C(=O)c1ccc(Br)s1. The third-order valence-electron chi connectivity index (χ3n) is 1.68. The maximum Gasteiger partial charge on any atom is 0.323 e. The minimum absolute atomic E-state index is 0.0132. The maximum absolute atomic E-state index is 11.8. The van der Waals surface area contributed by atoms with Crippen LogP contribution in [-0.4, -0.2) is 35.0 Å². The fourth-order valence-corrected chi connectivity index (χ4v) is 2.41. The maximum atomic E-state index is 11.8. The van der Waals surface area contributed by atoms with Gasteiger partial charge in [0.15, 0.2) is 0 Å². The van der Waals surface area contributed by atoms with Gasteiger partial charge in [0, 0.05) is 0 Å². The standard InChI is InChI=1S/C10H8BrNO3S/c1-2-5-12(6-9(13)14)10(15)7-3-4-8(11)16-7/h1,3-4H,5-6H2,(H,13,14). The van der Waals surface area contributed by atoms with Gasteiger partial charge < -0.3 is 10.0 Å². The van der Waals surface area contributed by atoms with Crippen molar-refractivity contribution in [2.45, 2.75) is 0 Å². The van der Waals surface area contributed by atoms with Crippen molar-refractivity contribution in [2.75, 3.05) is 13.1 Å². The molecular weight excluding hydrogens is 294 g/mol. The van der Waals surface area contributed by atoms with Crippen LogP contribution in [0.3, 0.4) is 0 Å². The predicted molar refractivity (Wildman–Crippen MR) is 64.4 cm³/mol. The van der Waals surface area contributed by atoms with Crippen molar-refractivity contribution in [3.05, 3.63) is 20.8 Å². The monoisotopic (exact) mass is 301 g/mol. The summed E-state index contributed by atoms with van der Waals surface area (Å²) >= 11 is 4.47. The van der Waals surface area contributed by atoms with E-state index in [2.05, 4.69) is 21.9 Å². The summed E-state index contributed by atoms with van der Waals surface area (Å²) in [5, 5.41) is 8.64. The smallest absolute Gasteiger partial charge is 0.323 e. The average Bonchev–Trinajstić information content (AvgIpc) is 2.62. The number of terminal acetylenes is 1. The number of carboxylic acid groups (broad SMARTS) is 1. The Kier molecular flexibility index (Phi) is 4.52. The number of carbonyl (C=O) groups is 2. The fourth-order valence-electron chi connectivity index (χ4n) is 1.06. The highest BCUT2D eigenvalue weighted by Gasteiger charge is 2.18. The van der Waals surface area contributed by atoms with Gasteiger partial charge in [-0.05, 0) is 28.1 Å². The minimum atomic E-state index is -1.08. The van der Waals surface area contributed by atoms with Crippen molar-refractivity contribution in [3.8, 4) is 12.3 Å². The van der Waals surface area contributed by atoms with E-state index in [-0.39, 0.29) is 12.5 Å². The Bertz CT molecular complexity index is 449. The van der Waals surface area contributed by atoms with Crippen LogP contribution in [0.4, 0.5) is 0 Å². The van der Waals surface area contributed by atoms with Crippen LogP contribution in [0.5, 0.6) is 0 Å². The Morgan fingerprint density at radius 3 is 2.69 bits per heavy atom. The second-order valence-electron chi connectivity index (χ2n) is 2.86. The van der Waals surface area contributed by atoms with E-state index in [9.17, 15) is 9.59 Å². The Morgan fingerprint density at radius 2 is 2.25 bits per heavy atom. The number of halogens is 1. The fraction of sp³-hybridized carbons (Fsp3) is 0.200. The topological polar surface area (TPSA) is 57.6 Å². The molecule has 0 aromatic carbocycles. The number of carbonyl (C=O) groups excluding carboxylic acids is 1. The van der Waals surface area contributed by atoms with Gasteiger partial charge in [-0.15, -0.1) is 17.8 Å². The first-order chi connectivity index (χ1) is 7.54. The van der Waals surface area contributed by atoms with E-state index in [1.54, 1.807) is 12.1 Å². The molecule has 0 saturated carbocycles. The molecule has 1 heterocycles. The van der Waals surface area contributed by atoms with E-state index in [0.29, 0.717) is 4.88 Å². The van der Waals surface area contributed by atoms with E-state index < -0.39 is 12.5 Å². The van der Waals surface area contributed by atoms with Crippen LogP contribution in [0, 0.1) is 12.3 Å². The van der Waals surface area contributed by atoms with Crippen molar-refractivity contribution < 1.29 is 14.7 Å². The Morgan fingerprint density at radius 1 is 1.56 bits per heavy atom. The molecule has 0 aliphatic carbocycles. The van der Waals surface area contributed by atoms with E-state index >= 15 is 0 Å². The van der Waals surface area contributed by atoms with E-state index in [1.807, 2.05) is 0 Å². The van der Waals surface area contributed by atoms with Gasteiger partial charge in [0.25, 0.3) is 5.91 Å². The summed E-state index contributed by atoms with van der Waals surface area (Å²) in [6, 6.07) is 3.36. The van der Waals surface area contributed by atoms with Crippen molar-refractivity contribution in [2.24, 2.45) is 0 Å². The second-order valence-corrected chi connectivity index (χ2v) is 5.33. The molecule has 1 rings (SSSR count). The number of hydrogen-bond donors (Lipinski definition) is 1. The first-order valence-corrected chi connectivity index (χ1v) is 5.85. The zero-order chi connectivity index (χ0) is 12.1. The lowest BCUT2D eigenvalue weighted by Crippen LogP contribution is -2.35. The number of aliphatic carboxylic acids is 1. The largest absolute Gasteiger partial charge is 0.480 e.